The first-order chi connectivity index (χ1) is 9.58. The minimum absolute atomic E-state index is 0.126. The van der Waals surface area contributed by atoms with Crippen LogP contribution in [0.2, 0.25) is 0 Å². The van der Waals surface area contributed by atoms with Gasteiger partial charge in [0.25, 0.3) is 0 Å². The van der Waals surface area contributed by atoms with Gasteiger partial charge >= 0.3 is 0 Å². The third-order valence-electron chi connectivity index (χ3n) is 3.08. The highest BCUT2D eigenvalue weighted by Gasteiger charge is 2.22. The zero-order valence-electron chi connectivity index (χ0n) is 11.3. The van der Waals surface area contributed by atoms with E-state index in [1.165, 1.54) is 14.8 Å². The summed E-state index contributed by atoms with van der Waals surface area (Å²) in [6.45, 7) is 5.98. The van der Waals surface area contributed by atoms with Gasteiger partial charge in [0.15, 0.2) is 0 Å². The van der Waals surface area contributed by atoms with Crippen LogP contribution in [-0.2, 0) is 6.54 Å². The van der Waals surface area contributed by atoms with Gasteiger partial charge in [0.1, 0.15) is 0 Å². The van der Waals surface area contributed by atoms with Crippen LogP contribution in [0.25, 0.3) is 0 Å². The maximum Gasteiger partial charge on any atom is 0.0770 e. The first-order valence-electron chi connectivity index (χ1n) is 6.48. The highest BCUT2D eigenvalue weighted by atomic mass is 127. The smallest absolute Gasteiger partial charge is 0.0770 e. The monoisotopic (exact) mass is 511 g/mol. The molecule has 1 aromatic heterocycles. The highest BCUT2D eigenvalue weighted by Crippen LogP contribution is 2.32. The van der Waals surface area contributed by atoms with Crippen LogP contribution in [0.1, 0.15) is 31.1 Å². The molecule has 1 unspecified atom stereocenters. The van der Waals surface area contributed by atoms with E-state index in [2.05, 4.69) is 96.9 Å². The highest BCUT2D eigenvalue weighted by molar-refractivity contribution is 14.1. The Labute approximate surface area is 149 Å². The van der Waals surface area contributed by atoms with Gasteiger partial charge < -0.3 is 5.32 Å². The van der Waals surface area contributed by atoms with E-state index in [9.17, 15) is 0 Å². The van der Waals surface area contributed by atoms with Gasteiger partial charge in [0, 0.05) is 14.6 Å². The van der Waals surface area contributed by atoms with Crippen LogP contribution in [0, 0.1) is 3.57 Å². The molecule has 6 heteroatoms. The lowest BCUT2D eigenvalue weighted by Crippen LogP contribution is -2.26. The zero-order valence-corrected chi connectivity index (χ0v) is 16.7. The van der Waals surface area contributed by atoms with Crippen LogP contribution in [0.4, 0.5) is 0 Å². The van der Waals surface area contributed by atoms with Gasteiger partial charge in [-0.05, 0) is 75.8 Å². The number of aryl methyl sites for hydroxylation is 1. The van der Waals surface area contributed by atoms with E-state index >= 15 is 0 Å². The number of aromatic nitrogens is 2. The summed E-state index contributed by atoms with van der Waals surface area (Å²) in [7, 11) is 0. The molecule has 0 spiro atoms. The molecule has 1 N–H and O–H groups in total. The Morgan fingerprint density at radius 3 is 2.75 bits per heavy atom. The molecule has 0 radical (unpaired) electrons. The summed E-state index contributed by atoms with van der Waals surface area (Å²) in [5, 5.41) is 8.00. The van der Waals surface area contributed by atoms with Crippen molar-refractivity contribution in [3.8, 4) is 0 Å². The summed E-state index contributed by atoms with van der Waals surface area (Å²) in [5.41, 5.74) is 2.43. The van der Waals surface area contributed by atoms with Crippen LogP contribution >= 0.6 is 54.5 Å². The Morgan fingerprint density at radius 1 is 1.35 bits per heavy atom. The molecule has 1 aromatic carbocycles. The largest absolute Gasteiger partial charge is 0.305 e. The molecule has 0 saturated carbocycles. The predicted octanol–water partition coefficient (Wildman–Crippen LogP) is 4.73. The summed E-state index contributed by atoms with van der Waals surface area (Å²) < 4.78 is 5.41. The second-order valence-electron chi connectivity index (χ2n) is 4.35. The van der Waals surface area contributed by atoms with Gasteiger partial charge in [-0.1, -0.05) is 22.9 Å². The normalized spacial score (nSPS) is 12.7. The van der Waals surface area contributed by atoms with Crippen molar-refractivity contribution < 1.29 is 0 Å². The number of halogens is 3. The Kier molecular flexibility index (Phi) is 6.07. The third-order valence-corrected chi connectivity index (χ3v) is 5.17. The Morgan fingerprint density at radius 2 is 2.10 bits per heavy atom. The summed E-state index contributed by atoms with van der Waals surface area (Å²) in [6.07, 6.45) is 1.87. The molecule has 0 aliphatic carbocycles. The van der Waals surface area contributed by atoms with Crippen molar-refractivity contribution in [2.75, 3.05) is 6.54 Å². The summed E-state index contributed by atoms with van der Waals surface area (Å²) in [4.78, 5) is 0. The van der Waals surface area contributed by atoms with E-state index in [0.717, 1.165) is 22.0 Å². The fourth-order valence-electron chi connectivity index (χ4n) is 2.20. The third kappa shape index (κ3) is 3.45. The quantitative estimate of drug-likeness (QED) is 0.587. The Hall–Kier alpha value is 0.0800. The average Bonchev–Trinajstić information content (AvgIpc) is 2.80. The van der Waals surface area contributed by atoms with Crippen molar-refractivity contribution in [2.24, 2.45) is 0 Å². The van der Waals surface area contributed by atoms with Crippen molar-refractivity contribution in [3.05, 3.63) is 48.2 Å². The van der Waals surface area contributed by atoms with E-state index in [1.807, 2.05) is 10.9 Å². The van der Waals surface area contributed by atoms with Gasteiger partial charge in [-0.2, -0.15) is 5.10 Å². The predicted molar refractivity (Wildman–Crippen MR) is 98.0 cm³/mol. The van der Waals surface area contributed by atoms with Crippen molar-refractivity contribution in [3.63, 3.8) is 0 Å². The molecule has 2 aromatic rings. The van der Waals surface area contributed by atoms with Crippen LogP contribution in [0.3, 0.4) is 0 Å². The molecule has 3 nitrogen and oxygen atoms in total. The van der Waals surface area contributed by atoms with Crippen molar-refractivity contribution >= 4 is 54.5 Å². The van der Waals surface area contributed by atoms with Crippen molar-refractivity contribution in [1.29, 1.82) is 0 Å². The molecular formula is C14H16Br2IN3. The molecule has 0 saturated heterocycles. The SMILES string of the molecule is CCNC(c1cc(Br)ccc1I)c1c(Br)cnn1CC. The molecule has 1 atom stereocenters. The van der Waals surface area contributed by atoms with E-state index < -0.39 is 0 Å². The lowest BCUT2D eigenvalue weighted by molar-refractivity contribution is 0.539. The van der Waals surface area contributed by atoms with Gasteiger partial charge in [-0.25, -0.2) is 0 Å². The minimum Gasteiger partial charge on any atom is -0.305 e. The number of nitrogens with one attached hydrogen (secondary N) is 1. The average molecular weight is 513 g/mol. The van der Waals surface area contributed by atoms with Crippen LogP contribution < -0.4 is 5.32 Å². The molecule has 1 heterocycles. The summed E-state index contributed by atoms with van der Waals surface area (Å²) in [5.74, 6) is 0. The molecule has 0 aliphatic heterocycles. The standard InChI is InChI=1S/C14H16Br2IN3/c1-3-18-13(10-7-9(15)5-6-12(10)17)14-11(16)8-19-20(14)4-2/h5-8,13,18H,3-4H2,1-2H3. The fraction of sp³-hybridized carbons (Fsp3) is 0.357. The maximum atomic E-state index is 4.43. The van der Waals surface area contributed by atoms with Crippen molar-refractivity contribution in [2.45, 2.75) is 26.4 Å². The van der Waals surface area contributed by atoms with Gasteiger partial charge in [-0.15, -0.1) is 0 Å². The van der Waals surface area contributed by atoms with E-state index in [0.29, 0.717) is 0 Å². The van der Waals surface area contributed by atoms with Crippen molar-refractivity contribution in [1.82, 2.24) is 15.1 Å². The molecule has 0 amide bonds. The van der Waals surface area contributed by atoms with E-state index in [1.54, 1.807) is 0 Å². The molecule has 0 fully saturated rings. The molecule has 20 heavy (non-hydrogen) atoms. The number of hydrogen-bond acceptors (Lipinski definition) is 2. The number of benzene rings is 1. The zero-order chi connectivity index (χ0) is 14.7. The summed E-state index contributed by atoms with van der Waals surface area (Å²) in [6, 6.07) is 6.50. The van der Waals surface area contributed by atoms with Gasteiger partial charge in [0.2, 0.25) is 0 Å². The van der Waals surface area contributed by atoms with Gasteiger partial charge in [-0.3, -0.25) is 4.68 Å². The minimum atomic E-state index is 0.126. The lowest BCUT2D eigenvalue weighted by Gasteiger charge is -2.22. The van der Waals surface area contributed by atoms with Crippen LogP contribution in [-0.4, -0.2) is 16.3 Å². The Balaban J connectivity index is 2.56. The second kappa shape index (κ2) is 7.38. The van der Waals surface area contributed by atoms with Crippen LogP contribution in [0.5, 0.6) is 0 Å². The van der Waals surface area contributed by atoms with Crippen LogP contribution in [0.15, 0.2) is 33.3 Å². The maximum absolute atomic E-state index is 4.43. The topological polar surface area (TPSA) is 29.9 Å². The molecule has 108 valence electrons. The molecule has 0 bridgehead atoms. The second-order valence-corrected chi connectivity index (χ2v) is 7.28. The van der Waals surface area contributed by atoms with Gasteiger partial charge in [0.05, 0.1) is 22.4 Å². The summed E-state index contributed by atoms with van der Waals surface area (Å²) >= 11 is 9.59. The lowest BCUT2D eigenvalue weighted by atomic mass is 10.0. The van der Waals surface area contributed by atoms with E-state index in [4.69, 9.17) is 0 Å². The number of nitrogens with zero attached hydrogens (tertiary/aromatic N) is 2. The fourth-order valence-corrected chi connectivity index (χ4v) is 3.76. The molecular weight excluding hydrogens is 497 g/mol. The first-order valence-corrected chi connectivity index (χ1v) is 9.14. The number of rotatable bonds is 5. The molecule has 0 aliphatic rings. The molecule has 2 rings (SSSR count). The Bertz CT molecular complexity index is 598. The first kappa shape index (κ1) is 16.5. The van der Waals surface area contributed by atoms with E-state index in [-0.39, 0.29) is 6.04 Å². The number of hydrogen-bond donors (Lipinski definition) is 1.